The number of primary amides is 1. The number of hydrogen-bond donors (Lipinski definition) is 2. The zero-order valence-corrected chi connectivity index (χ0v) is 11.4. The number of amides is 1. The number of nitrogen functional groups attached to an aromatic ring is 1. The van der Waals surface area contributed by atoms with Gasteiger partial charge in [-0.1, -0.05) is 19.8 Å². The molecule has 0 aliphatic heterocycles. The second-order valence-corrected chi connectivity index (χ2v) is 4.69. The highest BCUT2D eigenvalue weighted by Gasteiger charge is 2.22. The van der Waals surface area contributed by atoms with Crippen molar-refractivity contribution < 1.29 is 9.59 Å². The van der Waals surface area contributed by atoms with E-state index in [0.29, 0.717) is 11.4 Å². The van der Waals surface area contributed by atoms with Crippen molar-refractivity contribution in [1.82, 2.24) is 9.78 Å². The van der Waals surface area contributed by atoms with Crippen molar-refractivity contribution in [1.29, 1.82) is 0 Å². The molecule has 0 saturated heterocycles. The zero-order chi connectivity index (χ0) is 13.7. The predicted molar refractivity (Wildman–Crippen MR) is 71.7 cm³/mol. The molecule has 0 aromatic carbocycles. The summed E-state index contributed by atoms with van der Waals surface area (Å²) in [6, 6.07) is 0. The van der Waals surface area contributed by atoms with E-state index in [1.807, 2.05) is 0 Å². The van der Waals surface area contributed by atoms with Gasteiger partial charge in [-0.2, -0.15) is 9.78 Å². The first kappa shape index (κ1) is 14.6. The quantitative estimate of drug-likeness (QED) is 0.602. The average Bonchev–Trinajstić information content (AvgIpc) is 2.66. The molecule has 0 unspecified atom stereocenters. The van der Waals surface area contributed by atoms with E-state index in [-0.39, 0.29) is 17.3 Å². The van der Waals surface area contributed by atoms with Gasteiger partial charge in [-0.25, -0.2) is 0 Å². The molecule has 1 aromatic heterocycles. The number of anilines is 1. The van der Waals surface area contributed by atoms with Crippen LogP contribution in [0.3, 0.4) is 0 Å². The summed E-state index contributed by atoms with van der Waals surface area (Å²) in [6.45, 7) is 2.06. The van der Waals surface area contributed by atoms with Gasteiger partial charge in [0, 0.05) is 6.42 Å². The normalized spacial score (nSPS) is 10.6. The van der Waals surface area contributed by atoms with Crippen molar-refractivity contribution in [3.8, 4) is 0 Å². The minimum absolute atomic E-state index is 0.0355. The van der Waals surface area contributed by atoms with Crippen LogP contribution in [0.15, 0.2) is 5.03 Å². The van der Waals surface area contributed by atoms with E-state index >= 15 is 0 Å². The molecule has 1 amide bonds. The van der Waals surface area contributed by atoms with Crippen molar-refractivity contribution in [3.63, 3.8) is 0 Å². The number of aromatic nitrogens is 2. The molecule has 1 aromatic rings. The standard InChI is InChI=1S/C11H18N4O2S/c1-3-4-5-6-7(16)15-9(12)8(10(13)17)11(14-15)18-2/h3-6,12H2,1-2H3,(H2,13,17). The Labute approximate surface area is 110 Å². The molecule has 0 radical (unpaired) electrons. The topological polar surface area (TPSA) is 104 Å². The van der Waals surface area contributed by atoms with E-state index in [9.17, 15) is 9.59 Å². The summed E-state index contributed by atoms with van der Waals surface area (Å²) < 4.78 is 1.08. The number of thioether (sulfide) groups is 1. The van der Waals surface area contributed by atoms with E-state index < -0.39 is 5.91 Å². The molecule has 18 heavy (non-hydrogen) atoms. The van der Waals surface area contributed by atoms with Crippen molar-refractivity contribution in [2.75, 3.05) is 12.0 Å². The van der Waals surface area contributed by atoms with Gasteiger partial charge in [-0.05, 0) is 12.7 Å². The molecular weight excluding hydrogens is 252 g/mol. The van der Waals surface area contributed by atoms with Gasteiger partial charge in [0.1, 0.15) is 16.4 Å². The Kier molecular flexibility index (Phi) is 5.21. The first-order chi connectivity index (χ1) is 8.52. The average molecular weight is 270 g/mol. The third-order valence-electron chi connectivity index (χ3n) is 2.56. The third kappa shape index (κ3) is 3.04. The Hall–Kier alpha value is -1.50. The molecule has 0 atom stereocenters. The van der Waals surface area contributed by atoms with Crippen molar-refractivity contribution in [2.45, 2.75) is 37.6 Å². The summed E-state index contributed by atoms with van der Waals surface area (Å²) >= 11 is 1.24. The van der Waals surface area contributed by atoms with Gasteiger partial charge in [0.05, 0.1) is 0 Å². The fourth-order valence-electron chi connectivity index (χ4n) is 1.61. The van der Waals surface area contributed by atoms with Crippen LogP contribution >= 0.6 is 11.8 Å². The number of unbranched alkanes of at least 4 members (excludes halogenated alkanes) is 2. The maximum absolute atomic E-state index is 11.9. The maximum Gasteiger partial charge on any atom is 0.255 e. The molecule has 1 heterocycles. The number of rotatable bonds is 6. The maximum atomic E-state index is 11.9. The number of nitrogens with two attached hydrogens (primary N) is 2. The molecule has 0 bridgehead atoms. The Bertz CT molecular complexity index is 456. The van der Waals surface area contributed by atoms with Crippen molar-refractivity contribution in [3.05, 3.63) is 5.56 Å². The van der Waals surface area contributed by atoms with Crippen LogP contribution < -0.4 is 11.5 Å². The largest absolute Gasteiger partial charge is 0.383 e. The second kappa shape index (κ2) is 6.44. The van der Waals surface area contributed by atoms with E-state index in [0.717, 1.165) is 23.9 Å². The summed E-state index contributed by atoms with van der Waals surface area (Å²) in [5.41, 5.74) is 11.1. The van der Waals surface area contributed by atoms with Crippen LogP contribution in [0, 0.1) is 0 Å². The highest BCUT2D eigenvalue weighted by atomic mass is 32.2. The number of carbonyl (C=O) groups excluding carboxylic acids is 2. The fourth-order valence-corrected chi connectivity index (χ4v) is 2.18. The minimum Gasteiger partial charge on any atom is -0.383 e. The molecule has 4 N–H and O–H groups in total. The Morgan fingerprint density at radius 3 is 2.50 bits per heavy atom. The van der Waals surface area contributed by atoms with Crippen molar-refractivity contribution >= 4 is 29.4 Å². The molecule has 1 rings (SSSR count). The van der Waals surface area contributed by atoms with Gasteiger partial charge in [-0.3, -0.25) is 9.59 Å². The van der Waals surface area contributed by atoms with Crippen LogP contribution in [0.25, 0.3) is 0 Å². The number of hydrogen-bond acceptors (Lipinski definition) is 5. The van der Waals surface area contributed by atoms with E-state index in [1.165, 1.54) is 11.8 Å². The molecule has 7 heteroatoms. The van der Waals surface area contributed by atoms with Gasteiger partial charge < -0.3 is 11.5 Å². The molecule has 0 aliphatic carbocycles. The Morgan fingerprint density at radius 2 is 2.06 bits per heavy atom. The van der Waals surface area contributed by atoms with E-state index in [1.54, 1.807) is 6.26 Å². The number of carbonyl (C=O) groups is 2. The first-order valence-electron chi connectivity index (χ1n) is 5.78. The minimum atomic E-state index is -0.663. The number of nitrogens with zero attached hydrogens (tertiary/aromatic N) is 2. The summed E-state index contributed by atoms with van der Waals surface area (Å²) in [4.78, 5) is 23.2. The molecule has 6 nitrogen and oxygen atoms in total. The molecule has 0 saturated carbocycles. The molecule has 100 valence electrons. The lowest BCUT2D eigenvalue weighted by Crippen LogP contribution is -2.17. The SMILES string of the molecule is CCCCCC(=O)n1nc(SC)c(C(N)=O)c1N. The van der Waals surface area contributed by atoms with Crippen molar-refractivity contribution in [2.24, 2.45) is 5.73 Å². The third-order valence-corrected chi connectivity index (χ3v) is 3.23. The molecule has 0 spiro atoms. The summed E-state index contributed by atoms with van der Waals surface area (Å²) in [5.74, 6) is -0.832. The highest BCUT2D eigenvalue weighted by Crippen LogP contribution is 2.24. The Morgan fingerprint density at radius 1 is 1.39 bits per heavy atom. The lowest BCUT2D eigenvalue weighted by molar-refractivity contribution is 0.0885. The van der Waals surface area contributed by atoms with E-state index in [4.69, 9.17) is 11.5 Å². The smallest absolute Gasteiger partial charge is 0.255 e. The summed E-state index contributed by atoms with van der Waals surface area (Å²) in [7, 11) is 0. The second-order valence-electron chi connectivity index (χ2n) is 3.90. The molecular formula is C11H18N4O2S. The zero-order valence-electron chi connectivity index (χ0n) is 10.6. The highest BCUT2D eigenvalue weighted by molar-refractivity contribution is 7.98. The van der Waals surface area contributed by atoms with Crippen LogP contribution in [0.2, 0.25) is 0 Å². The predicted octanol–water partition coefficient (Wildman–Crippen LogP) is 1.51. The van der Waals surface area contributed by atoms with E-state index in [2.05, 4.69) is 12.0 Å². The summed E-state index contributed by atoms with van der Waals surface area (Å²) in [5, 5.41) is 4.42. The van der Waals surface area contributed by atoms with Crippen LogP contribution in [0.1, 0.15) is 47.8 Å². The molecule has 0 aliphatic rings. The monoisotopic (exact) mass is 270 g/mol. The van der Waals surface area contributed by atoms with Crippen LogP contribution in [0.4, 0.5) is 5.82 Å². The van der Waals surface area contributed by atoms with Gasteiger partial charge in [0.25, 0.3) is 5.91 Å². The van der Waals surface area contributed by atoms with Crippen LogP contribution in [-0.4, -0.2) is 27.9 Å². The summed E-state index contributed by atoms with van der Waals surface area (Å²) in [6.07, 6.45) is 4.91. The van der Waals surface area contributed by atoms with Crippen LogP contribution in [0.5, 0.6) is 0 Å². The van der Waals surface area contributed by atoms with Gasteiger partial charge in [0.2, 0.25) is 5.91 Å². The lowest BCUT2D eigenvalue weighted by atomic mass is 10.2. The lowest BCUT2D eigenvalue weighted by Gasteiger charge is -2.02. The van der Waals surface area contributed by atoms with Gasteiger partial charge in [-0.15, -0.1) is 11.8 Å². The van der Waals surface area contributed by atoms with Crippen LogP contribution in [-0.2, 0) is 0 Å². The Balaban J connectivity index is 2.96. The van der Waals surface area contributed by atoms with Gasteiger partial charge >= 0.3 is 0 Å². The fraction of sp³-hybridized carbons (Fsp3) is 0.545. The molecule has 0 fully saturated rings. The van der Waals surface area contributed by atoms with Gasteiger partial charge in [0.15, 0.2) is 0 Å². The first-order valence-corrected chi connectivity index (χ1v) is 7.00.